The topological polar surface area (TPSA) is 239 Å². The van der Waals surface area contributed by atoms with Crippen molar-refractivity contribution < 1.29 is 46.5 Å². The Morgan fingerprint density at radius 2 is 1.96 bits per heavy atom. The van der Waals surface area contributed by atoms with Crippen molar-refractivity contribution in [2.45, 2.75) is 25.5 Å². The molecule has 6 rings (SSSR count). The van der Waals surface area contributed by atoms with E-state index >= 15 is 4.39 Å². The number of nitro groups is 1. The van der Waals surface area contributed by atoms with Gasteiger partial charge in [0.05, 0.1) is 40.5 Å². The second-order valence-corrected chi connectivity index (χ2v) is 11.9. The molecule has 4 N–H and O–H groups in total. The fourth-order valence-corrected chi connectivity index (χ4v) is 4.92. The highest BCUT2D eigenvalue weighted by Gasteiger charge is 2.33. The number of fused-ring (bicyclic) bond motifs is 2. The van der Waals surface area contributed by atoms with Crippen LogP contribution in [-0.4, -0.2) is 76.9 Å². The van der Waals surface area contributed by atoms with Crippen molar-refractivity contribution >= 4 is 44.3 Å². The number of nitrogens with two attached hydrogens (primary N) is 1. The van der Waals surface area contributed by atoms with E-state index in [1.807, 2.05) is 0 Å². The summed E-state index contributed by atoms with van der Waals surface area (Å²) >= 11 is 0. The lowest BCUT2D eigenvalue weighted by Crippen LogP contribution is -2.26. The molecule has 19 heteroatoms. The van der Waals surface area contributed by atoms with Crippen molar-refractivity contribution in [1.29, 1.82) is 0 Å². The van der Waals surface area contributed by atoms with Gasteiger partial charge in [-0.2, -0.15) is 8.42 Å². The average molecular weight is 651 g/mol. The third-order valence-corrected chi connectivity index (χ3v) is 7.13. The van der Waals surface area contributed by atoms with E-state index in [9.17, 15) is 33.2 Å². The van der Waals surface area contributed by atoms with E-state index in [1.165, 1.54) is 18.3 Å². The molecule has 3 aliphatic rings. The summed E-state index contributed by atoms with van der Waals surface area (Å²) in [5.41, 5.74) is 5.43. The molecule has 45 heavy (non-hydrogen) atoms. The Hall–Kier alpha value is -4.88. The summed E-state index contributed by atoms with van der Waals surface area (Å²) < 4.78 is 53.3. The molecule has 0 spiro atoms. The van der Waals surface area contributed by atoms with Crippen molar-refractivity contribution in [2.24, 2.45) is 16.8 Å². The van der Waals surface area contributed by atoms with Crippen LogP contribution < -0.4 is 25.5 Å². The van der Waals surface area contributed by atoms with Gasteiger partial charge in [-0.1, -0.05) is 5.16 Å². The Balaban J connectivity index is 0.000000743. The van der Waals surface area contributed by atoms with Crippen LogP contribution in [0.2, 0.25) is 0 Å². The fourth-order valence-electron chi connectivity index (χ4n) is 4.92. The van der Waals surface area contributed by atoms with Crippen LogP contribution >= 0.6 is 0 Å². The van der Waals surface area contributed by atoms with Crippen LogP contribution in [0.3, 0.4) is 0 Å². The predicted molar refractivity (Wildman–Crippen MR) is 155 cm³/mol. The van der Waals surface area contributed by atoms with Crippen LogP contribution in [0.4, 0.5) is 15.9 Å². The van der Waals surface area contributed by atoms with E-state index in [0.29, 0.717) is 17.7 Å². The van der Waals surface area contributed by atoms with Crippen molar-refractivity contribution in [3.05, 3.63) is 61.7 Å². The highest BCUT2D eigenvalue weighted by molar-refractivity contribution is 7.85. The van der Waals surface area contributed by atoms with Crippen LogP contribution in [0.25, 0.3) is 11.0 Å². The number of aromatic nitrogens is 2. The number of carboxylic acid groups (broad SMARTS) is 1. The first-order chi connectivity index (χ1) is 21.2. The zero-order valence-electron chi connectivity index (χ0n) is 23.6. The summed E-state index contributed by atoms with van der Waals surface area (Å²) in [7, 11) is -3.67. The number of nitro benzene ring substituents is 1. The van der Waals surface area contributed by atoms with Crippen LogP contribution in [0.1, 0.15) is 34.8 Å². The Labute approximate surface area is 253 Å². The summed E-state index contributed by atoms with van der Waals surface area (Å²) in [4.78, 5) is 46.8. The SMILES string of the molecule is CS(=O)(=O)O.NCC1CN(c2nc3c(cc2F)c(=O)c(C(=O)O)cn3C2CC2)C/C1=N\OCc1cc2c(cc1[N+](=O)[O-])OCO2. The first-order valence-electron chi connectivity index (χ1n) is 13.4. The zero-order valence-corrected chi connectivity index (χ0v) is 24.4. The van der Waals surface area contributed by atoms with Crippen molar-refractivity contribution in [2.75, 3.05) is 37.6 Å². The summed E-state index contributed by atoms with van der Waals surface area (Å²) in [6.45, 7) is 0.285. The lowest BCUT2D eigenvalue weighted by atomic mass is 10.1. The lowest BCUT2D eigenvalue weighted by Gasteiger charge is -2.19. The van der Waals surface area contributed by atoms with Crippen molar-refractivity contribution in [1.82, 2.24) is 9.55 Å². The van der Waals surface area contributed by atoms with Crippen LogP contribution in [0.15, 0.2) is 34.3 Å². The Bertz CT molecular complexity index is 1890. The number of benzene rings is 1. The minimum atomic E-state index is -3.67. The smallest absolute Gasteiger partial charge is 0.341 e. The predicted octanol–water partition coefficient (Wildman–Crippen LogP) is 1.68. The monoisotopic (exact) mass is 650 g/mol. The summed E-state index contributed by atoms with van der Waals surface area (Å²) in [5.74, 6) is -1.89. The molecule has 2 fully saturated rings. The van der Waals surface area contributed by atoms with E-state index < -0.39 is 37.8 Å². The van der Waals surface area contributed by atoms with Gasteiger partial charge >= 0.3 is 5.97 Å². The number of carboxylic acids is 1. The number of ether oxygens (including phenoxy) is 2. The van der Waals surface area contributed by atoms with Crippen molar-refractivity contribution in [3.8, 4) is 11.5 Å². The van der Waals surface area contributed by atoms with E-state index in [-0.39, 0.29) is 78.8 Å². The van der Waals surface area contributed by atoms with E-state index in [1.54, 1.807) is 9.47 Å². The zero-order chi connectivity index (χ0) is 32.6. The van der Waals surface area contributed by atoms with Gasteiger partial charge in [0, 0.05) is 31.2 Å². The Morgan fingerprint density at radius 1 is 1.29 bits per heavy atom. The summed E-state index contributed by atoms with van der Waals surface area (Å²) in [6.07, 6.45) is 3.56. The number of hydrogen-bond acceptors (Lipinski definition) is 13. The molecule has 240 valence electrons. The molecule has 1 saturated heterocycles. The standard InChI is InChI=1S/C25H23FN6O8.CH4O3S/c26-17-4-15-22(33)16(25(34)35)8-31(14-1-2-14)23(15)28-24(17)30-7-13(6-27)18(9-30)29-40-10-12-3-20-21(39-11-38-20)5-19(12)32(36)37;1-5(2,3)4/h3-5,8,13-14H,1-2,6-7,9-11,27H2,(H,34,35);1H3,(H,2,3,4)/b29-18+;. The van der Waals surface area contributed by atoms with Crippen LogP contribution in [0, 0.1) is 21.8 Å². The molecule has 1 unspecified atom stereocenters. The third-order valence-electron chi connectivity index (χ3n) is 7.13. The molecule has 0 amide bonds. The van der Waals surface area contributed by atoms with Gasteiger partial charge in [-0.15, -0.1) is 0 Å². The number of halogens is 1. The van der Waals surface area contributed by atoms with Gasteiger partial charge in [-0.3, -0.25) is 19.5 Å². The molecule has 0 radical (unpaired) electrons. The Morgan fingerprint density at radius 3 is 2.56 bits per heavy atom. The fraction of sp³-hybridized carbons (Fsp3) is 0.385. The molecule has 2 aliphatic heterocycles. The molecule has 1 atom stereocenters. The minimum Gasteiger partial charge on any atom is -0.477 e. The number of carbonyl (C=O) groups is 1. The average Bonchev–Trinajstić information content (AvgIpc) is 3.55. The maximum atomic E-state index is 15.3. The molecular weight excluding hydrogens is 623 g/mol. The van der Waals surface area contributed by atoms with Gasteiger partial charge in [0.1, 0.15) is 17.8 Å². The van der Waals surface area contributed by atoms with Gasteiger partial charge < -0.3 is 34.6 Å². The number of pyridine rings is 2. The van der Waals surface area contributed by atoms with Crippen LogP contribution in [-0.2, 0) is 21.6 Å². The molecule has 1 aliphatic carbocycles. The normalized spacial score (nSPS) is 18.2. The lowest BCUT2D eigenvalue weighted by molar-refractivity contribution is -0.386. The van der Waals surface area contributed by atoms with E-state index in [0.717, 1.165) is 18.9 Å². The van der Waals surface area contributed by atoms with Crippen LogP contribution in [0.5, 0.6) is 11.5 Å². The number of oxime groups is 1. The second-order valence-electron chi connectivity index (χ2n) is 10.5. The molecule has 2 aromatic heterocycles. The van der Waals surface area contributed by atoms with Crippen molar-refractivity contribution in [3.63, 3.8) is 0 Å². The Kier molecular flexibility index (Phi) is 8.59. The van der Waals surface area contributed by atoms with Gasteiger partial charge in [0.15, 0.2) is 23.1 Å². The highest BCUT2D eigenvalue weighted by Crippen LogP contribution is 2.39. The van der Waals surface area contributed by atoms with E-state index in [4.69, 9.17) is 24.6 Å². The first-order valence-corrected chi connectivity index (χ1v) is 15.2. The van der Waals surface area contributed by atoms with Gasteiger partial charge in [0.25, 0.3) is 15.8 Å². The number of hydrogen-bond donors (Lipinski definition) is 3. The summed E-state index contributed by atoms with van der Waals surface area (Å²) in [5, 5.41) is 25.0. The van der Waals surface area contributed by atoms with Gasteiger partial charge in [-0.25, -0.2) is 14.2 Å². The molecular formula is C26H27FN6O11S. The van der Waals surface area contributed by atoms with Gasteiger partial charge in [-0.05, 0) is 25.0 Å². The molecule has 4 heterocycles. The molecule has 17 nitrogen and oxygen atoms in total. The maximum Gasteiger partial charge on any atom is 0.341 e. The summed E-state index contributed by atoms with van der Waals surface area (Å²) in [6, 6.07) is 3.73. The highest BCUT2D eigenvalue weighted by atomic mass is 32.2. The quantitative estimate of drug-likeness (QED) is 0.179. The third kappa shape index (κ3) is 6.94. The number of aromatic carboxylic acids is 1. The molecule has 1 saturated carbocycles. The largest absolute Gasteiger partial charge is 0.477 e. The first kappa shape index (κ1) is 31.5. The number of anilines is 1. The van der Waals surface area contributed by atoms with E-state index in [2.05, 4.69) is 10.1 Å². The molecule has 1 aromatic carbocycles. The maximum absolute atomic E-state index is 15.3. The second kappa shape index (κ2) is 12.3. The number of rotatable bonds is 8. The molecule has 3 aromatic rings. The molecule has 0 bridgehead atoms. The van der Waals surface area contributed by atoms with Gasteiger partial charge in [0.2, 0.25) is 12.2 Å². The number of nitrogens with zero attached hydrogens (tertiary/aromatic N) is 5. The minimum absolute atomic E-state index is 0.0202.